The van der Waals surface area contributed by atoms with Gasteiger partial charge in [0.2, 0.25) is 0 Å². The highest BCUT2D eigenvalue weighted by Crippen LogP contribution is 2.33. The second-order valence-corrected chi connectivity index (χ2v) is 5.99. The van der Waals surface area contributed by atoms with Crippen molar-refractivity contribution in [1.82, 2.24) is 5.32 Å². The molecule has 112 valence electrons. The number of carbonyl (C=O) groups is 2. The predicted molar refractivity (Wildman–Crippen MR) is 75.9 cm³/mol. The summed E-state index contributed by atoms with van der Waals surface area (Å²) in [6, 6.07) is 5.54. The molecule has 1 heterocycles. The van der Waals surface area contributed by atoms with Gasteiger partial charge in [0.05, 0.1) is 25.2 Å². The van der Waals surface area contributed by atoms with Crippen LogP contribution in [0.5, 0.6) is 0 Å². The summed E-state index contributed by atoms with van der Waals surface area (Å²) >= 11 is 0. The first-order valence-corrected chi connectivity index (χ1v) is 7.32. The molecule has 2 N–H and O–H groups in total. The van der Waals surface area contributed by atoms with Crippen LogP contribution in [0.1, 0.15) is 53.6 Å². The van der Waals surface area contributed by atoms with E-state index in [9.17, 15) is 9.59 Å². The summed E-state index contributed by atoms with van der Waals surface area (Å²) < 4.78 is 5.35. The minimum Gasteiger partial charge on any atom is -0.481 e. The first kappa shape index (κ1) is 14.1. The first-order chi connectivity index (χ1) is 10.1. The highest BCUT2D eigenvalue weighted by molar-refractivity contribution is 5.95. The van der Waals surface area contributed by atoms with Gasteiger partial charge in [-0.15, -0.1) is 0 Å². The van der Waals surface area contributed by atoms with Crippen LogP contribution in [0.4, 0.5) is 0 Å². The van der Waals surface area contributed by atoms with E-state index < -0.39 is 11.5 Å². The van der Waals surface area contributed by atoms with Crippen LogP contribution in [0.25, 0.3) is 0 Å². The molecule has 0 spiro atoms. The minimum absolute atomic E-state index is 0.00715. The molecule has 1 saturated carbocycles. The lowest BCUT2D eigenvalue weighted by molar-refractivity contribution is -0.138. The third kappa shape index (κ3) is 2.93. The van der Waals surface area contributed by atoms with Gasteiger partial charge in [0, 0.05) is 5.56 Å². The Labute approximate surface area is 123 Å². The van der Waals surface area contributed by atoms with Crippen molar-refractivity contribution in [1.29, 1.82) is 0 Å². The fourth-order valence-corrected chi connectivity index (χ4v) is 3.31. The summed E-state index contributed by atoms with van der Waals surface area (Å²) in [7, 11) is 0. The molecule has 0 unspecified atom stereocenters. The number of fused-ring (bicyclic) bond motifs is 1. The Morgan fingerprint density at radius 3 is 2.62 bits per heavy atom. The number of amides is 1. The van der Waals surface area contributed by atoms with E-state index in [1.54, 1.807) is 6.07 Å². The van der Waals surface area contributed by atoms with Crippen molar-refractivity contribution >= 4 is 11.9 Å². The van der Waals surface area contributed by atoms with Crippen LogP contribution in [-0.2, 0) is 22.7 Å². The smallest absolute Gasteiger partial charge is 0.305 e. The quantitative estimate of drug-likeness (QED) is 0.891. The van der Waals surface area contributed by atoms with E-state index in [2.05, 4.69) is 5.32 Å². The van der Waals surface area contributed by atoms with Gasteiger partial charge in [-0.05, 0) is 36.1 Å². The van der Waals surface area contributed by atoms with Crippen molar-refractivity contribution in [3.8, 4) is 0 Å². The number of rotatable bonds is 4. The van der Waals surface area contributed by atoms with Gasteiger partial charge in [0.1, 0.15) is 0 Å². The van der Waals surface area contributed by atoms with Gasteiger partial charge >= 0.3 is 5.97 Å². The van der Waals surface area contributed by atoms with Gasteiger partial charge in [-0.3, -0.25) is 9.59 Å². The Hall–Kier alpha value is -1.88. The van der Waals surface area contributed by atoms with Crippen LogP contribution in [0.2, 0.25) is 0 Å². The van der Waals surface area contributed by atoms with Crippen molar-refractivity contribution in [2.24, 2.45) is 0 Å². The van der Waals surface area contributed by atoms with Gasteiger partial charge in [0.25, 0.3) is 5.91 Å². The van der Waals surface area contributed by atoms with Gasteiger partial charge < -0.3 is 15.2 Å². The third-order valence-corrected chi connectivity index (χ3v) is 4.41. The number of carboxylic acid groups (broad SMARTS) is 1. The largest absolute Gasteiger partial charge is 0.481 e. The van der Waals surface area contributed by atoms with Crippen LogP contribution in [0.15, 0.2) is 18.2 Å². The number of hydrogen-bond acceptors (Lipinski definition) is 3. The van der Waals surface area contributed by atoms with E-state index in [0.717, 1.165) is 36.8 Å². The number of aliphatic carboxylic acids is 1. The lowest BCUT2D eigenvalue weighted by Gasteiger charge is -2.28. The third-order valence-electron chi connectivity index (χ3n) is 4.41. The normalized spacial score (nSPS) is 19.2. The number of ether oxygens (including phenoxy) is 1. The van der Waals surface area contributed by atoms with E-state index in [1.807, 2.05) is 12.1 Å². The Kier molecular flexibility index (Phi) is 3.68. The summed E-state index contributed by atoms with van der Waals surface area (Å²) in [6.45, 7) is 1.14. The molecule has 0 saturated heterocycles. The average Bonchev–Trinajstić information content (AvgIpc) is 3.06. The number of benzene rings is 1. The molecule has 21 heavy (non-hydrogen) atoms. The molecule has 0 radical (unpaired) electrons. The lowest BCUT2D eigenvalue weighted by Crippen LogP contribution is -2.47. The van der Waals surface area contributed by atoms with Crippen LogP contribution in [-0.4, -0.2) is 22.5 Å². The van der Waals surface area contributed by atoms with Crippen molar-refractivity contribution < 1.29 is 19.4 Å². The second-order valence-electron chi connectivity index (χ2n) is 5.99. The molecular formula is C16H19NO4. The monoisotopic (exact) mass is 289 g/mol. The number of carbonyl (C=O) groups excluding carboxylic acids is 1. The highest BCUT2D eigenvalue weighted by Gasteiger charge is 2.37. The molecule has 5 nitrogen and oxygen atoms in total. The zero-order valence-electron chi connectivity index (χ0n) is 11.9. The molecule has 3 rings (SSSR count). The SMILES string of the molecule is O=C(O)CC1(NC(=O)c2ccc3c(c2)COC3)CCCC1. The Balaban J connectivity index is 1.77. The summed E-state index contributed by atoms with van der Waals surface area (Å²) in [5.41, 5.74) is 2.16. The lowest BCUT2D eigenvalue weighted by atomic mass is 9.92. The van der Waals surface area contributed by atoms with Crippen molar-refractivity contribution in [3.05, 3.63) is 34.9 Å². The van der Waals surface area contributed by atoms with E-state index in [1.165, 1.54) is 0 Å². The fourth-order valence-electron chi connectivity index (χ4n) is 3.31. The summed E-state index contributed by atoms with van der Waals surface area (Å²) in [5, 5.41) is 12.1. The molecule has 1 aliphatic heterocycles. The number of hydrogen-bond donors (Lipinski definition) is 2. The first-order valence-electron chi connectivity index (χ1n) is 7.32. The molecular weight excluding hydrogens is 270 g/mol. The zero-order chi connectivity index (χ0) is 14.9. The molecule has 2 aliphatic rings. The average molecular weight is 289 g/mol. The maximum Gasteiger partial charge on any atom is 0.305 e. The molecule has 0 bridgehead atoms. The molecule has 0 aromatic heterocycles. The summed E-state index contributed by atoms with van der Waals surface area (Å²) in [6.07, 6.45) is 3.39. The standard InChI is InChI=1S/C16H19NO4/c18-14(19)8-16(5-1-2-6-16)17-15(20)11-3-4-12-9-21-10-13(12)7-11/h3-4,7H,1-2,5-6,8-10H2,(H,17,20)(H,18,19). The minimum atomic E-state index is -0.862. The zero-order valence-corrected chi connectivity index (χ0v) is 11.9. The number of carboxylic acids is 1. The molecule has 1 fully saturated rings. The van der Waals surface area contributed by atoms with Crippen LogP contribution in [0, 0.1) is 0 Å². The fraction of sp³-hybridized carbons (Fsp3) is 0.500. The highest BCUT2D eigenvalue weighted by atomic mass is 16.5. The Morgan fingerprint density at radius 2 is 1.90 bits per heavy atom. The second kappa shape index (κ2) is 5.48. The predicted octanol–water partition coefficient (Wildman–Crippen LogP) is 2.23. The maximum absolute atomic E-state index is 12.4. The Bertz CT molecular complexity index is 576. The van der Waals surface area contributed by atoms with E-state index in [4.69, 9.17) is 9.84 Å². The van der Waals surface area contributed by atoms with Gasteiger partial charge in [-0.1, -0.05) is 18.9 Å². The number of nitrogens with one attached hydrogen (secondary N) is 1. The maximum atomic E-state index is 12.4. The molecule has 1 aromatic rings. The van der Waals surface area contributed by atoms with Crippen molar-refractivity contribution in [2.45, 2.75) is 50.9 Å². The molecule has 1 aromatic carbocycles. The van der Waals surface area contributed by atoms with Crippen molar-refractivity contribution in [2.75, 3.05) is 0 Å². The summed E-state index contributed by atoms with van der Waals surface area (Å²) in [5.74, 6) is -1.05. The molecule has 5 heteroatoms. The topological polar surface area (TPSA) is 75.6 Å². The molecule has 1 amide bonds. The Morgan fingerprint density at radius 1 is 1.19 bits per heavy atom. The summed E-state index contributed by atoms with van der Waals surface area (Å²) in [4.78, 5) is 23.5. The molecule has 1 aliphatic carbocycles. The van der Waals surface area contributed by atoms with Crippen LogP contribution < -0.4 is 5.32 Å². The van der Waals surface area contributed by atoms with Crippen LogP contribution >= 0.6 is 0 Å². The van der Waals surface area contributed by atoms with Gasteiger partial charge in [0.15, 0.2) is 0 Å². The van der Waals surface area contributed by atoms with Gasteiger partial charge in [-0.2, -0.15) is 0 Å². The molecule has 0 atom stereocenters. The van der Waals surface area contributed by atoms with Crippen LogP contribution in [0.3, 0.4) is 0 Å². The van der Waals surface area contributed by atoms with E-state index >= 15 is 0 Å². The van der Waals surface area contributed by atoms with E-state index in [-0.39, 0.29) is 12.3 Å². The van der Waals surface area contributed by atoms with Crippen molar-refractivity contribution in [3.63, 3.8) is 0 Å². The van der Waals surface area contributed by atoms with E-state index in [0.29, 0.717) is 18.8 Å². The van der Waals surface area contributed by atoms with Gasteiger partial charge in [-0.25, -0.2) is 0 Å².